The van der Waals surface area contributed by atoms with Gasteiger partial charge in [-0.15, -0.1) is 0 Å². The number of hydrogen-bond acceptors (Lipinski definition) is 3. The van der Waals surface area contributed by atoms with Gasteiger partial charge in [-0.05, 0) is 75.1 Å². The molecule has 0 spiro atoms. The minimum atomic E-state index is -0.0362. The van der Waals surface area contributed by atoms with Crippen LogP contribution >= 0.6 is 0 Å². The van der Waals surface area contributed by atoms with Gasteiger partial charge in [0.1, 0.15) is 0 Å². The third-order valence-electron chi connectivity index (χ3n) is 5.51. The fraction of sp³-hybridized carbons (Fsp3) is 0.524. The Kier molecular flexibility index (Phi) is 5.17. The topological polar surface area (TPSA) is 39.2 Å². The SMILES string of the molecule is CCOC(=O)C(C)C1CCC(c2ccnc3ccc(C)cc23)CC1. The van der Waals surface area contributed by atoms with E-state index in [9.17, 15) is 4.79 Å². The molecule has 0 bridgehead atoms. The predicted octanol–water partition coefficient (Wildman–Crippen LogP) is 5.02. The molecule has 1 atom stereocenters. The normalized spacial score (nSPS) is 22.3. The maximum Gasteiger partial charge on any atom is 0.308 e. The third-order valence-corrected chi connectivity index (χ3v) is 5.51. The Morgan fingerprint density at radius 2 is 2.00 bits per heavy atom. The second kappa shape index (κ2) is 7.33. The molecule has 3 heteroatoms. The van der Waals surface area contributed by atoms with Gasteiger partial charge in [-0.25, -0.2) is 0 Å². The molecule has 0 saturated heterocycles. The van der Waals surface area contributed by atoms with Crippen molar-refractivity contribution in [1.29, 1.82) is 0 Å². The van der Waals surface area contributed by atoms with Crippen LogP contribution in [0, 0.1) is 18.8 Å². The second-order valence-electron chi connectivity index (χ2n) is 7.07. The lowest BCUT2D eigenvalue weighted by molar-refractivity contribution is -0.149. The van der Waals surface area contributed by atoms with Crippen molar-refractivity contribution in [2.24, 2.45) is 11.8 Å². The van der Waals surface area contributed by atoms with Crippen molar-refractivity contribution in [2.75, 3.05) is 6.61 Å². The van der Waals surface area contributed by atoms with E-state index in [0.717, 1.165) is 31.2 Å². The lowest BCUT2D eigenvalue weighted by Crippen LogP contribution is -2.26. The summed E-state index contributed by atoms with van der Waals surface area (Å²) in [5.74, 6) is 1.01. The summed E-state index contributed by atoms with van der Waals surface area (Å²) in [6.07, 6.45) is 6.41. The average Bonchev–Trinajstić information content (AvgIpc) is 2.61. The highest BCUT2D eigenvalue weighted by atomic mass is 16.5. The van der Waals surface area contributed by atoms with E-state index in [1.54, 1.807) is 0 Å². The molecule has 0 radical (unpaired) electrons. The van der Waals surface area contributed by atoms with Crippen LogP contribution in [0.1, 0.15) is 56.6 Å². The number of benzene rings is 1. The van der Waals surface area contributed by atoms with Crippen LogP contribution in [0.25, 0.3) is 10.9 Å². The molecule has 1 fully saturated rings. The van der Waals surface area contributed by atoms with E-state index in [0.29, 0.717) is 18.4 Å². The first kappa shape index (κ1) is 16.9. The van der Waals surface area contributed by atoms with Crippen molar-refractivity contribution in [3.8, 4) is 0 Å². The molecule has 3 rings (SSSR count). The van der Waals surface area contributed by atoms with Gasteiger partial charge in [0.25, 0.3) is 0 Å². The summed E-state index contributed by atoms with van der Waals surface area (Å²) in [5.41, 5.74) is 3.78. The highest BCUT2D eigenvalue weighted by Gasteiger charge is 2.30. The van der Waals surface area contributed by atoms with Crippen molar-refractivity contribution in [3.05, 3.63) is 41.6 Å². The molecule has 1 heterocycles. The number of ether oxygens (including phenoxy) is 1. The second-order valence-corrected chi connectivity index (χ2v) is 7.07. The molecule has 128 valence electrons. The summed E-state index contributed by atoms with van der Waals surface area (Å²) >= 11 is 0. The van der Waals surface area contributed by atoms with Crippen molar-refractivity contribution >= 4 is 16.9 Å². The predicted molar refractivity (Wildman–Crippen MR) is 97.0 cm³/mol. The first-order chi connectivity index (χ1) is 11.6. The summed E-state index contributed by atoms with van der Waals surface area (Å²) in [6.45, 7) is 6.50. The van der Waals surface area contributed by atoms with Crippen LogP contribution in [0.2, 0.25) is 0 Å². The highest BCUT2D eigenvalue weighted by Crippen LogP contribution is 2.40. The molecule has 1 aliphatic rings. The fourth-order valence-corrected chi connectivity index (χ4v) is 4.03. The number of pyridine rings is 1. The number of rotatable bonds is 4. The third kappa shape index (κ3) is 3.45. The summed E-state index contributed by atoms with van der Waals surface area (Å²) in [4.78, 5) is 16.5. The van der Waals surface area contributed by atoms with Crippen LogP contribution in [-0.4, -0.2) is 17.6 Å². The van der Waals surface area contributed by atoms with Gasteiger partial charge >= 0.3 is 5.97 Å². The molecule has 2 aromatic rings. The number of fused-ring (bicyclic) bond motifs is 1. The molecule has 1 saturated carbocycles. The monoisotopic (exact) mass is 325 g/mol. The smallest absolute Gasteiger partial charge is 0.308 e. The Bertz CT molecular complexity index is 717. The summed E-state index contributed by atoms with van der Waals surface area (Å²) in [5, 5.41) is 1.29. The van der Waals surface area contributed by atoms with Gasteiger partial charge < -0.3 is 4.74 Å². The van der Waals surface area contributed by atoms with E-state index in [1.807, 2.05) is 20.0 Å². The van der Waals surface area contributed by atoms with E-state index in [4.69, 9.17) is 4.74 Å². The largest absolute Gasteiger partial charge is 0.466 e. The summed E-state index contributed by atoms with van der Waals surface area (Å²) in [7, 11) is 0. The van der Waals surface area contributed by atoms with Crippen LogP contribution in [0.3, 0.4) is 0 Å². The summed E-state index contributed by atoms with van der Waals surface area (Å²) < 4.78 is 5.19. The van der Waals surface area contributed by atoms with E-state index in [1.165, 1.54) is 16.5 Å². The molecule has 0 aliphatic heterocycles. The minimum Gasteiger partial charge on any atom is -0.466 e. The van der Waals surface area contributed by atoms with E-state index in [-0.39, 0.29) is 11.9 Å². The molecule has 24 heavy (non-hydrogen) atoms. The Morgan fingerprint density at radius 1 is 1.25 bits per heavy atom. The van der Waals surface area contributed by atoms with Crippen LogP contribution in [0.4, 0.5) is 0 Å². The van der Waals surface area contributed by atoms with Crippen molar-refractivity contribution in [2.45, 2.75) is 52.4 Å². The molecule has 0 N–H and O–H groups in total. The van der Waals surface area contributed by atoms with Crippen LogP contribution in [0.5, 0.6) is 0 Å². The molecule has 1 unspecified atom stereocenters. The van der Waals surface area contributed by atoms with Crippen molar-refractivity contribution < 1.29 is 9.53 Å². The Labute approximate surface area is 144 Å². The lowest BCUT2D eigenvalue weighted by Gasteiger charge is -2.32. The molecule has 3 nitrogen and oxygen atoms in total. The van der Waals surface area contributed by atoms with E-state index in [2.05, 4.69) is 36.2 Å². The fourth-order valence-electron chi connectivity index (χ4n) is 4.03. The molecular formula is C21H27NO2. The molecular weight excluding hydrogens is 298 g/mol. The van der Waals surface area contributed by atoms with Gasteiger partial charge in [0.05, 0.1) is 18.0 Å². The van der Waals surface area contributed by atoms with Crippen LogP contribution in [0.15, 0.2) is 30.5 Å². The number of hydrogen-bond donors (Lipinski definition) is 0. The Morgan fingerprint density at radius 3 is 2.71 bits per heavy atom. The van der Waals surface area contributed by atoms with Gasteiger partial charge in [-0.3, -0.25) is 9.78 Å². The number of esters is 1. The first-order valence-corrected chi connectivity index (χ1v) is 9.12. The number of carbonyl (C=O) groups is 1. The standard InChI is InChI=1S/C21H27NO2/c1-4-24-21(23)15(3)16-6-8-17(9-7-16)18-11-12-22-20-10-5-14(2)13-19(18)20/h5,10-13,15-17H,4,6-9H2,1-3H3. The number of aryl methyl sites for hydroxylation is 1. The Hall–Kier alpha value is -1.90. The quantitative estimate of drug-likeness (QED) is 0.741. The first-order valence-electron chi connectivity index (χ1n) is 9.12. The maximum atomic E-state index is 12.0. The number of carbonyl (C=O) groups excluding carboxylic acids is 1. The highest BCUT2D eigenvalue weighted by molar-refractivity contribution is 5.83. The van der Waals surface area contributed by atoms with Gasteiger partial charge in [-0.1, -0.05) is 18.6 Å². The number of nitrogens with zero attached hydrogens (tertiary/aromatic N) is 1. The zero-order chi connectivity index (χ0) is 17.1. The molecule has 1 aliphatic carbocycles. The van der Waals surface area contributed by atoms with Gasteiger partial charge in [0.15, 0.2) is 0 Å². The molecule has 1 aromatic heterocycles. The summed E-state index contributed by atoms with van der Waals surface area (Å²) in [6, 6.07) is 8.67. The minimum absolute atomic E-state index is 0.0160. The number of aromatic nitrogens is 1. The van der Waals surface area contributed by atoms with Crippen LogP contribution in [-0.2, 0) is 9.53 Å². The van der Waals surface area contributed by atoms with Crippen molar-refractivity contribution in [1.82, 2.24) is 4.98 Å². The lowest BCUT2D eigenvalue weighted by atomic mass is 9.74. The van der Waals surface area contributed by atoms with Gasteiger partial charge in [0, 0.05) is 11.6 Å². The van der Waals surface area contributed by atoms with Crippen LogP contribution < -0.4 is 0 Å². The van der Waals surface area contributed by atoms with E-state index >= 15 is 0 Å². The average molecular weight is 325 g/mol. The molecule has 0 amide bonds. The molecule has 1 aromatic carbocycles. The zero-order valence-corrected chi connectivity index (χ0v) is 14.9. The maximum absolute atomic E-state index is 12.0. The van der Waals surface area contributed by atoms with Gasteiger partial charge in [-0.2, -0.15) is 0 Å². The van der Waals surface area contributed by atoms with Gasteiger partial charge in [0.2, 0.25) is 0 Å². The van der Waals surface area contributed by atoms with Crippen molar-refractivity contribution in [3.63, 3.8) is 0 Å². The zero-order valence-electron chi connectivity index (χ0n) is 14.9. The Balaban J connectivity index is 1.73. The van der Waals surface area contributed by atoms with E-state index < -0.39 is 0 Å².